The van der Waals surface area contributed by atoms with Gasteiger partial charge in [-0.3, -0.25) is 9.79 Å². The van der Waals surface area contributed by atoms with Gasteiger partial charge < -0.3 is 15.5 Å². The Morgan fingerprint density at radius 1 is 1.24 bits per heavy atom. The van der Waals surface area contributed by atoms with Crippen LogP contribution in [-0.2, 0) is 4.79 Å². The number of nitrogens with zero attached hydrogens (tertiary/aromatic N) is 4. The number of benzene rings is 1. The Bertz CT molecular complexity index is 1070. The summed E-state index contributed by atoms with van der Waals surface area (Å²) < 4.78 is 0. The van der Waals surface area contributed by atoms with Crippen molar-refractivity contribution in [3.8, 4) is 11.4 Å². The third kappa shape index (κ3) is 7.99. The number of carbonyl (C=O) groups is 1. The predicted molar refractivity (Wildman–Crippen MR) is 144 cm³/mol. The van der Waals surface area contributed by atoms with Gasteiger partial charge in [0.25, 0.3) is 0 Å². The lowest BCUT2D eigenvalue weighted by atomic mass is 10.0. The van der Waals surface area contributed by atoms with Crippen LogP contribution >= 0.6 is 0 Å². The van der Waals surface area contributed by atoms with E-state index in [1.54, 1.807) is 7.05 Å². The maximum Gasteiger partial charge on any atom is 0.216 e. The van der Waals surface area contributed by atoms with Crippen LogP contribution in [0, 0.1) is 0 Å². The van der Waals surface area contributed by atoms with Gasteiger partial charge in [0.05, 0.1) is 0 Å². The number of rotatable bonds is 12. The molecule has 0 aliphatic carbocycles. The minimum Gasteiger partial charge on any atom is -0.383 e. The second-order valence-corrected chi connectivity index (χ2v) is 8.01. The number of hydrogen-bond acceptors (Lipinski definition) is 6. The van der Waals surface area contributed by atoms with Crippen molar-refractivity contribution >= 4 is 29.1 Å². The van der Waals surface area contributed by atoms with Crippen LogP contribution in [0.25, 0.3) is 22.5 Å². The molecule has 0 saturated carbocycles. The first kappa shape index (κ1) is 26.5. The quantitative estimate of drug-likeness (QED) is 0.273. The Morgan fingerprint density at radius 2 is 2.03 bits per heavy atom. The zero-order valence-corrected chi connectivity index (χ0v) is 20.9. The van der Waals surface area contributed by atoms with Crippen LogP contribution in [0.3, 0.4) is 0 Å². The van der Waals surface area contributed by atoms with Crippen LogP contribution in [0.2, 0.25) is 0 Å². The molecule has 0 spiro atoms. The van der Waals surface area contributed by atoms with E-state index in [2.05, 4.69) is 52.3 Å². The highest BCUT2D eigenvalue weighted by Crippen LogP contribution is 2.27. The molecular weight excluding hydrogens is 424 g/mol. The van der Waals surface area contributed by atoms with E-state index in [1.165, 1.54) is 6.92 Å². The standard InChI is InChI=1S/C27H36N6O/c1-7-11-24(17-28-4)25-18-31-26(32-27(25)30-15-10-14-29-20(3)34)23-13-9-12-22(16-23)21(8-2)19-33(5)6/h8-9,11-13,16-19H,2,7,10,14-15H2,1,3-6H3,(H,29,34)(H,30,31,32)/b21-19+,24-11+,28-17-. The first-order valence-electron chi connectivity index (χ1n) is 11.5. The Hall–Kier alpha value is -3.74. The van der Waals surface area contributed by atoms with Crippen molar-refractivity contribution in [1.82, 2.24) is 20.2 Å². The first-order chi connectivity index (χ1) is 16.4. The van der Waals surface area contributed by atoms with Crippen LogP contribution in [0.1, 0.15) is 37.8 Å². The number of aromatic nitrogens is 2. The normalized spacial score (nSPS) is 12.0. The smallest absolute Gasteiger partial charge is 0.216 e. The molecule has 1 aromatic heterocycles. The maximum atomic E-state index is 11.1. The molecule has 7 heteroatoms. The molecule has 0 saturated heterocycles. The van der Waals surface area contributed by atoms with Gasteiger partial charge in [-0.05, 0) is 30.0 Å². The van der Waals surface area contributed by atoms with Crippen molar-refractivity contribution in [1.29, 1.82) is 0 Å². The molecule has 0 atom stereocenters. The number of amides is 1. The van der Waals surface area contributed by atoms with E-state index in [1.807, 2.05) is 55.8 Å². The predicted octanol–water partition coefficient (Wildman–Crippen LogP) is 4.66. The van der Waals surface area contributed by atoms with Gasteiger partial charge >= 0.3 is 0 Å². The van der Waals surface area contributed by atoms with E-state index >= 15 is 0 Å². The van der Waals surface area contributed by atoms with Crippen molar-refractivity contribution in [2.75, 3.05) is 39.5 Å². The molecule has 2 aromatic rings. The molecule has 0 aliphatic rings. The molecule has 1 heterocycles. The number of hydrogen-bond donors (Lipinski definition) is 2. The zero-order chi connectivity index (χ0) is 24.9. The summed E-state index contributed by atoms with van der Waals surface area (Å²) >= 11 is 0. The summed E-state index contributed by atoms with van der Waals surface area (Å²) in [5.74, 6) is 1.34. The number of anilines is 1. The van der Waals surface area contributed by atoms with Crippen molar-refractivity contribution in [3.63, 3.8) is 0 Å². The molecule has 34 heavy (non-hydrogen) atoms. The van der Waals surface area contributed by atoms with Gasteiger partial charge in [0.15, 0.2) is 5.82 Å². The van der Waals surface area contributed by atoms with E-state index in [-0.39, 0.29) is 5.91 Å². The largest absolute Gasteiger partial charge is 0.383 e. The lowest BCUT2D eigenvalue weighted by Gasteiger charge is -2.14. The average Bonchev–Trinajstić information content (AvgIpc) is 2.82. The third-order valence-corrected chi connectivity index (χ3v) is 4.88. The Balaban J connectivity index is 2.44. The number of allylic oxidation sites excluding steroid dienone is 4. The number of nitrogens with one attached hydrogen (secondary N) is 2. The Labute approximate surface area is 203 Å². The fourth-order valence-electron chi connectivity index (χ4n) is 3.38. The highest BCUT2D eigenvalue weighted by Gasteiger charge is 2.12. The molecule has 180 valence electrons. The van der Waals surface area contributed by atoms with E-state index in [4.69, 9.17) is 4.98 Å². The van der Waals surface area contributed by atoms with E-state index in [0.717, 1.165) is 46.5 Å². The maximum absolute atomic E-state index is 11.1. The molecular formula is C27H36N6O. The fraction of sp³-hybridized carbons (Fsp3) is 0.333. The second kappa shape index (κ2) is 13.7. The van der Waals surface area contributed by atoms with Gasteiger partial charge in [-0.1, -0.05) is 43.9 Å². The summed E-state index contributed by atoms with van der Waals surface area (Å²) in [6.07, 6.45) is 11.3. The summed E-state index contributed by atoms with van der Waals surface area (Å²) in [5.41, 5.74) is 4.85. The summed E-state index contributed by atoms with van der Waals surface area (Å²) in [6.45, 7) is 8.83. The van der Waals surface area contributed by atoms with Gasteiger partial charge in [0.1, 0.15) is 5.82 Å². The van der Waals surface area contributed by atoms with Crippen molar-refractivity contribution < 1.29 is 4.79 Å². The first-order valence-corrected chi connectivity index (χ1v) is 11.5. The summed E-state index contributed by atoms with van der Waals surface area (Å²) in [6, 6.07) is 8.13. The molecule has 0 aliphatic heterocycles. The topological polar surface area (TPSA) is 82.5 Å². The average molecular weight is 461 g/mol. The monoisotopic (exact) mass is 460 g/mol. The minimum absolute atomic E-state index is 0.0283. The van der Waals surface area contributed by atoms with Gasteiger partial charge in [0, 0.05) is 76.5 Å². The Morgan fingerprint density at radius 3 is 2.68 bits per heavy atom. The van der Waals surface area contributed by atoms with E-state index < -0.39 is 0 Å². The molecule has 1 amide bonds. The summed E-state index contributed by atoms with van der Waals surface area (Å²) in [4.78, 5) is 26.9. The lowest BCUT2D eigenvalue weighted by Crippen LogP contribution is -2.23. The van der Waals surface area contributed by atoms with Gasteiger partial charge in [0.2, 0.25) is 5.91 Å². The number of carbonyl (C=O) groups excluding carboxylic acids is 1. The van der Waals surface area contributed by atoms with Crippen LogP contribution in [0.15, 0.2) is 60.4 Å². The zero-order valence-electron chi connectivity index (χ0n) is 20.9. The lowest BCUT2D eigenvalue weighted by molar-refractivity contribution is -0.118. The molecule has 2 N–H and O–H groups in total. The molecule has 0 radical (unpaired) electrons. The minimum atomic E-state index is -0.0283. The molecule has 0 bridgehead atoms. The third-order valence-electron chi connectivity index (χ3n) is 4.88. The van der Waals surface area contributed by atoms with Crippen molar-refractivity contribution in [2.24, 2.45) is 4.99 Å². The van der Waals surface area contributed by atoms with Crippen molar-refractivity contribution in [2.45, 2.75) is 26.7 Å². The van der Waals surface area contributed by atoms with Crippen LogP contribution in [0.4, 0.5) is 5.82 Å². The van der Waals surface area contributed by atoms with E-state index in [9.17, 15) is 4.79 Å². The fourth-order valence-corrected chi connectivity index (χ4v) is 3.38. The van der Waals surface area contributed by atoms with Crippen molar-refractivity contribution in [3.05, 3.63) is 66.5 Å². The SMILES string of the molecule is C=C/C(=C\N(C)C)c1cccc(-c2ncc(C(/C=N\C)=C/CC)c(NCCCNC(C)=O)n2)c1. The van der Waals surface area contributed by atoms with Gasteiger partial charge in [-0.25, -0.2) is 9.97 Å². The van der Waals surface area contributed by atoms with Crippen LogP contribution in [-0.4, -0.2) is 61.2 Å². The van der Waals surface area contributed by atoms with E-state index in [0.29, 0.717) is 18.9 Å². The second-order valence-electron chi connectivity index (χ2n) is 8.01. The van der Waals surface area contributed by atoms with Gasteiger partial charge in [-0.2, -0.15) is 0 Å². The Kier molecular flexibility index (Phi) is 10.7. The van der Waals surface area contributed by atoms with Crippen LogP contribution < -0.4 is 10.6 Å². The summed E-state index contributed by atoms with van der Waals surface area (Å²) in [5, 5.41) is 6.25. The number of aliphatic imine (C=N–C) groups is 1. The summed E-state index contributed by atoms with van der Waals surface area (Å²) in [7, 11) is 5.73. The molecule has 0 unspecified atom stereocenters. The highest BCUT2D eigenvalue weighted by atomic mass is 16.1. The molecule has 1 aromatic carbocycles. The van der Waals surface area contributed by atoms with Gasteiger partial charge in [-0.15, -0.1) is 0 Å². The molecule has 0 fully saturated rings. The van der Waals surface area contributed by atoms with Crippen LogP contribution in [0.5, 0.6) is 0 Å². The molecule has 7 nitrogen and oxygen atoms in total. The molecule has 2 rings (SSSR count). The highest BCUT2D eigenvalue weighted by molar-refractivity contribution is 6.11.